The standard InChI is InChI=1S/C13H15NO2/c1-9-10(8-15)4-6-13(2,3)12(9)11-5-7-16-14-11/h4-8,10,12H,1H2,2-3H3. The van der Waals surface area contributed by atoms with Crippen LogP contribution >= 0.6 is 0 Å². The Morgan fingerprint density at radius 1 is 1.56 bits per heavy atom. The van der Waals surface area contributed by atoms with Gasteiger partial charge in [0, 0.05) is 12.0 Å². The molecular formula is C13H15NO2. The number of hydrogen-bond donors (Lipinski definition) is 0. The summed E-state index contributed by atoms with van der Waals surface area (Å²) in [5, 5.41) is 3.97. The molecular weight excluding hydrogens is 202 g/mol. The molecule has 1 aromatic rings. The summed E-state index contributed by atoms with van der Waals surface area (Å²) in [5.41, 5.74) is 1.63. The van der Waals surface area contributed by atoms with Crippen LogP contribution in [0.3, 0.4) is 0 Å². The smallest absolute Gasteiger partial charge is 0.130 e. The number of hydrogen-bond acceptors (Lipinski definition) is 3. The molecule has 0 saturated heterocycles. The van der Waals surface area contributed by atoms with Crippen molar-refractivity contribution in [3.63, 3.8) is 0 Å². The molecule has 84 valence electrons. The summed E-state index contributed by atoms with van der Waals surface area (Å²) in [5.74, 6) is -0.179. The lowest BCUT2D eigenvalue weighted by Crippen LogP contribution is -2.29. The number of aromatic nitrogens is 1. The molecule has 0 saturated carbocycles. The van der Waals surface area contributed by atoms with Crippen molar-refractivity contribution < 1.29 is 9.32 Å². The van der Waals surface area contributed by atoms with Crippen LogP contribution in [-0.2, 0) is 4.79 Å². The lowest BCUT2D eigenvalue weighted by atomic mass is 9.66. The molecule has 0 N–H and O–H groups in total. The molecule has 0 radical (unpaired) electrons. The number of carbonyl (C=O) groups is 1. The second kappa shape index (κ2) is 3.74. The second-order valence-corrected chi connectivity index (χ2v) is 4.77. The Hall–Kier alpha value is -1.64. The molecule has 1 aliphatic rings. The fourth-order valence-corrected chi connectivity index (χ4v) is 2.32. The molecule has 1 aromatic heterocycles. The predicted octanol–water partition coefficient (Wildman–Crippen LogP) is 2.73. The van der Waals surface area contributed by atoms with Crippen LogP contribution in [0, 0.1) is 11.3 Å². The summed E-state index contributed by atoms with van der Waals surface area (Å²) in [6.07, 6.45) is 6.43. The van der Waals surface area contributed by atoms with Gasteiger partial charge in [0.05, 0.1) is 11.6 Å². The van der Waals surface area contributed by atoms with Crippen molar-refractivity contribution >= 4 is 6.29 Å². The third kappa shape index (κ3) is 1.62. The van der Waals surface area contributed by atoms with E-state index >= 15 is 0 Å². The second-order valence-electron chi connectivity index (χ2n) is 4.77. The Labute approximate surface area is 94.8 Å². The Kier molecular flexibility index (Phi) is 2.54. The van der Waals surface area contributed by atoms with E-state index in [0.29, 0.717) is 0 Å². The first-order chi connectivity index (χ1) is 7.56. The topological polar surface area (TPSA) is 43.1 Å². The largest absolute Gasteiger partial charge is 0.364 e. The minimum absolute atomic E-state index is 0.0337. The van der Waals surface area contributed by atoms with E-state index < -0.39 is 0 Å². The van der Waals surface area contributed by atoms with Crippen LogP contribution in [0.1, 0.15) is 25.5 Å². The van der Waals surface area contributed by atoms with Gasteiger partial charge in [-0.3, -0.25) is 0 Å². The fourth-order valence-electron chi connectivity index (χ4n) is 2.32. The Morgan fingerprint density at radius 3 is 2.88 bits per heavy atom. The van der Waals surface area contributed by atoms with E-state index in [-0.39, 0.29) is 17.3 Å². The maximum Gasteiger partial charge on any atom is 0.130 e. The normalized spacial score (nSPS) is 28.0. The van der Waals surface area contributed by atoms with Crippen molar-refractivity contribution in [1.82, 2.24) is 5.16 Å². The summed E-state index contributed by atoms with van der Waals surface area (Å²) < 4.78 is 4.87. The van der Waals surface area contributed by atoms with Gasteiger partial charge in [-0.1, -0.05) is 43.3 Å². The highest BCUT2D eigenvalue weighted by Gasteiger charge is 2.38. The molecule has 0 aliphatic heterocycles. The number of allylic oxidation sites excluding steroid dienone is 3. The van der Waals surface area contributed by atoms with Crippen molar-refractivity contribution in [1.29, 1.82) is 0 Å². The molecule has 3 nitrogen and oxygen atoms in total. The summed E-state index contributed by atoms with van der Waals surface area (Å²) in [7, 11) is 0. The van der Waals surface area contributed by atoms with Gasteiger partial charge >= 0.3 is 0 Å². The SMILES string of the molecule is C=C1C(C=O)C=CC(C)(C)C1c1ccon1. The van der Waals surface area contributed by atoms with Gasteiger partial charge in [0.25, 0.3) is 0 Å². The monoisotopic (exact) mass is 217 g/mol. The third-order valence-electron chi connectivity index (χ3n) is 3.18. The first kappa shape index (κ1) is 10.9. The summed E-state index contributed by atoms with van der Waals surface area (Å²) in [6, 6.07) is 1.83. The van der Waals surface area contributed by atoms with Gasteiger partial charge in [-0.15, -0.1) is 0 Å². The van der Waals surface area contributed by atoms with Crippen LogP contribution in [-0.4, -0.2) is 11.4 Å². The quantitative estimate of drug-likeness (QED) is 0.565. The number of aldehydes is 1. The number of nitrogens with zero attached hydrogens (tertiary/aromatic N) is 1. The molecule has 1 heterocycles. The van der Waals surface area contributed by atoms with Crippen LogP contribution < -0.4 is 0 Å². The van der Waals surface area contributed by atoms with Crippen molar-refractivity contribution in [2.45, 2.75) is 19.8 Å². The zero-order valence-corrected chi connectivity index (χ0v) is 9.51. The number of carbonyl (C=O) groups excluding carboxylic acids is 1. The maximum atomic E-state index is 10.9. The van der Waals surface area contributed by atoms with Gasteiger partial charge < -0.3 is 9.32 Å². The van der Waals surface area contributed by atoms with Crippen LogP contribution in [0.4, 0.5) is 0 Å². The summed E-state index contributed by atoms with van der Waals surface area (Å²) in [4.78, 5) is 10.9. The third-order valence-corrected chi connectivity index (χ3v) is 3.18. The molecule has 3 heteroatoms. The zero-order chi connectivity index (χ0) is 11.8. The van der Waals surface area contributed by atoms with E-state index in [1.165, 1.54) is 0 Å². The molecule has 2 rings (SSSR count). The van der Waals surface area contributed by atoms with Gasteiger partial charge in [0.1, 0.15) is 12.5 Å². The summed E-state index contributed by atoms with van der Waals surface area (Å²) >= 11 is 0. The van der Waals surface area contributed by atoms with Crippen LogP contribution in [0.25, 0.3) is 0 Å². The predicted molar refractivity (Wildman–Crippen MR) is 60.9 cm³/mol. The van der Waals surface area contributed by atoms with E-state index in [2.05, 4.69) is 31.7 Å². The van der Waals surface area contributed by atoms with E-state index in [1.54, 1.807) is 6.26 Å². The minimum atomic E-state index is -0.213. The number of rotatable bonds is 2. The average molecular weight is 217 g/mol. The van der Waals surface area contributed by atoms with Gasteiger partial charge in [-0.05, 0) is 5.41 Å². The molecule has 0 aromatic carbocycles. The average Bonchev–Trinajstić information content (AvgIpc) is 2.70. The highest BCUT2D eigenvalue weighted by Crippen LogP contribution is 2.46. The lowest BCUT2D eigenvalue weighted by molar-refractivity contribution is -0.109. The van der Waals surface area contributed by atoms with E-state index in [0.717, 1.165) is 17.6 Å². The van der Waals surface area contributed by atoms with E-state index in [1.807, 2.05) is 12.1 Å². The molecule has 1 aliphatic carbocycles. The molecule has 0 fully saturated rings. The Balaban J connectivity index is 2.45. The minimum Gasteiger partial charge on any atom is -0.364 e. The molecule has 2 unspecified atom stereocenters. The van der Waals surface area contributed by atoms with Crippen LogP contribution in [0.2, 0.25) is 0 Å². The summed E-state index contributed by atoms with van der Waals surface area (Å²) in [6.45, 7) is 8.25. The van der Waals surface area contributed by atoms with Gasteiger partial charge in [-0.2, -0.15) is 0 Å². The highest BCUT2D eigenvalue weighted by molar-refractivity contribution is 5.64. The van der Waals surface area contributed by atoms with Crippen molar-refractivity contribution in [2.24, 2.45) is 11.3 Å². The van der Waals surface area contributed by atoms with Crippen molar-refractivity contribution in [3.05, 3.63) is 42.3 Å². The molecule has 0 amide bonds. The van der Waals surface area contributed by atoms with Crippen molar-refractivity contribution in [3.8, 4) is 0 Å². The van der Waals surface area contributed by atoms with Crippen LogP contribution in [0.5, 0.6) is 0 Å². The lowest BCUT2D eigenvalue weighted by Gasteiger charge is -2.37. The van der Waals surface area contributed by atoms with Crippen LogP contribution in [0.15, 0.2) is 41.2 Å². The Morgan fingerprint density at radius 2 is 2.31 bits per heavy atom. The van der Waals surface area contributed by atoms with Gasteiger partial charge in [0.15, 0.2) is 0 Å². The maximum absolute atomic E-state index is 10.9. The first-order valence-electron chi connectivity index (χ1n) is 5.30. The molecule has 16 heavy (non-hydrogen) atoms. The molecule has 0 spiro atoms. The zero-order valence-electron chi connectivity index (χ0n) is 9.51. The van der Waals surface area contributed by atoms with Gasteiger partial charge in [0.2, 0.25) is 0 Å². The van der Waals surface area contributed by atoms with Crippen molar-refractivity contribution in [2.75, 3.05) is 0 Å². The van der Waals surface area contributed by atoms with E-state index in [4.69, 9.17) is 4.52 Å². The Bertz CT molecular complexity index is 429. The van der Waals surface area contributed by atoms with E-state index in [9.17, 15) is 4.79 Å². The van der Waals surface area contributed by atoms with Gasteiger partial charge in [-0.25, -0.2) is 0 Å². The molecule has 0 bridgehead atoms. The fraction of sp³-hybridized carbons (Fsp3) is 0.385. The first-order valence-corrected chi connectivity index (χ1v) is 5.30. The highest BCUT2D eigenvalue weighted by atomic mass is 16.5. The molecule has 2 atom stereocenters.